The molecule has 1 aliphatic heterocycles. The molecule has 2 rings (SSSR count). The lowest BCUT2D eigenvalue weighted by molar-refractivity contribution is -0.144. The molecule has 15 heavy (non-hydrogen) atoms. The Morgan fingerprint density at radius 3 is 2.53 bits per heavy atom. The van der Waals surface area contributed by atoms with Gasteiger partial charge in [-0.3, -0.25) is 9.69 Å². The van der Waals surface area contributed by atoms with Crippen LogP contribution in [0, 0.1) is 5.92 Å². The predicted molar refractivity (Wildman–Crippen MR) is 55.6 cm³/mol. The summed E-state index contributed by atoms with van der Waals surface area (Å²) >= 11 is 0. The zero-order chi connectivity index (χ0) is 10.8. The van der Waals surface area contributed by atoms with Crippen molar-refractivity contribution in [3.63, 3.8) is 0 Å². The van der Waals surface area contributed by atoms with E-state index in [9.17, 15) is 15.0 Å². The Labute approximate surface area is 89.9 Å². The van der Waals surface area contributed by atoms with Crippen LogP contribution in [0.4, 0.5) is 0 Å². The van der Waals surface area contributed by atoms with Crippen LogP contribution in [-0.2, 0) is 4.79 Å². The molecule has 1 saturated heterocycles. The van der Waals surface area contributed by atoms with Crippen molar-refractivity contribution < 1.29 is 15.0 Å². The van der Waals surface area contributed by atoms with Crippen molar-refractivity contribution in [2.75, 3.05) is 13.1 Å². The summed E-state index contributed by atoms with van der Waals surface area (Å²) in [6.07, 6.45) is 4.32. The third-order valence-corrected chi connectivity index (χ3v) is 3.45. The summed E-state index contributed by atoms with van der Waals surface area (Å²) in [6, 6.07) is -0.296. The summed E-state index contributed by atoms with van der Waals surface area (Å²) in [6.45, 7) is 1.55. The monoisotopic (exact) mass is 213 g/mol. The zero-order valence-electron chi connectivity index (χ0n) is 8.93. The number of aliphatic carboxylic acids is 1. The highest BCUT2D eigenvalue weighted by Crippen LogP contribution is 2.36. The summed E-state index contributed by atoms with van der Waals surface area (Å²) in [5.41, 5.74) is 0. The molecule has 1 heterocycles. The predicted octanol–water partition coefficient (Wildman–Crippen LogP) is 0.696. The van der Waals surface area contributed by atoms with Crippen molar-refractivity contribution in [3.05, 3.63) is 0 Å². The lowest BCUT2D eigenvalue weighted by Gasteiger charge is -2.27. The zero-order valence-corrected chi connectivity index (χ0v) is 8.93. The van der Waals surface area contributed by atoms with E-state index in [1.165, 1.54) is 0 Å². The van der Waals surface area contributed by atoms with Crippen LogP contribution in [0.25, 0.3) is 0 Å². The first-order chi connectivity index (χ1) is 7.18. The number of likely N-dealkylation sites (tertiary alicyclic amines) is 1. The van der Waals surface area contributed by atoms with Crippen LogP contribution in [0.15, 0.2) is 0 Å². The number of rotatable bonds is 3. The van der Waals surface area contributed by atoms with Gasteiger partial charge in [0.25, 0.3) is 0 Å². The van der Waals surface area contributed by atoms with E-state index < -0.39 is 5.97 Å². The molecule has 4 nitrogen and oxygen atoms in total. The van der Waals surface area contributed by atoms with Crippen molar-refractivity contribution in [3.8, 4) is 0 Å². The summed E-state index contributed by atoms with van der Waals surface area (Å²) in [4.78, 5) is 13.2. The average molecular weight is 213 g/mol. The Morgan fingerprint density at radius 1 is 1.20 bits per heavy atom. The molecular weight excluding hydrogens is 194 g/mol. The van der Waals surface area contributed by atoms with Crippen molar-refractivity contribution in [2.24, 2.45) is 5.92 Å². The third-order valence-electron chi connectivity index (χ3n) is 3.45. The van der Waals surface area contributed by atoms with Gasteiger partial charge in [0.2, 0.25) is 0 Å². The summed E-state index contributed by atoms with van der Waals surface area (Å²) in [5.74, 6) is -0.327. The molecule has 2 aliphatic rings. The van der Waals surface area contributed by atoms with Gasteiger partial charge in [0.1, 0.15) is 6.04 Å². The van der Waals surface area contributed by atoms with Gasteiger partial charge in [-0.15, -0.1) is 0 Å². The molecule has 1 aliphatic carbocycles. The van der Waals surface area contributed by atoms with Gasteiger partial charge in [-0.25, -0.2) is 0 Å². The highest BCUT2D eigenvalue weighted by atomic mass is 16.4. The first-order valence-electron chi connectivity index (χ1n) is 5.83. The highest BCUT2D eigenvalue weighted by molar-refractivity contribution is 5.74. The Hall–Kier alpha value is -0.610. The number of carbonyl (C=O) groups is 1. The summed E-state index contributed by atoms with van der Waals surface area (Å²) in [7, 11) is 0. The average Bonchev–Trinajstić information content (AvgIpc) is 2.96. The quantitative estimate of drug-likeness (QED) is 0.724. The standard InChI is InChI=1S/C11H19NO3/c13-9-2-1-6-12(7-5-9)10(11(14)15)8-3-4-8/h8-10,13H,1-7H2,(H,14,15). The van der Waals surface area contributed by atoms with Crippen molar-refractivity contribution >= 4 is 5.97 Å². The molecule has 2 fully saturated rings. The second kappa shape index (κ2) is 4.49. The number of nitrogens with zero attached hydrogens (tertiary/aromatic N) is 1. The molecule has 2 N–H and O–H groups in total. The number of carboxylic acid groups (broad SMARTS) is 1. The van der Waals surface area contributed by atoms with Crippen molar-refractivity contribution in [1.29, 1.82) is 0 Å². The van der Waals surface area contributed by atoms with E-state index >= 15 is 0 Å². The van der Waals surface area contributed by atoms with Crippen LogP contribution in [0.1, 0.15) is 32.1 Å². The first-order valence-corrected chi connectivity index (χ1v) is 5.83. The van der Waals surface area contributed by atoms with E-state index in [1.807, 2.05) is 0 Å². The van der Waals surface area contributed by atoms with Crippen LogP contribution in [0.3, 0.4) is 0 Å². The first kappa shape index (κ1) is 10.9. The molecule has 86 valence electrons. The fourth-order valence-corrected chi connectivity index (χ4v) is 2.45. The minimum Gasteiger partial charge on any atom is -0.480 e. The minimum atomic E-state index is -0.686. The largest absolute Gasteiger partial charge is 0.480 e. The lowest BCUT2D eigenvalue weighted by atomic mass is 10.1. The van der Waals surface area contributed by atoms with E-state index in [4.69, 9.17) is 0 Å². The van der Waals surface area contributed by atoms with Crippen LogP contribution < -0.4 is 0 Å². The molecule has 2 atom stereocenters. The second-order valence-corrected chi connectivity index (χ2v) is 4.74. The molecule has 2 unspecified atom stereocenters. The van der Waals surface area contributed by atoms with Crippen LogP contribution in [0.5, 0.6) is 0 Å². The van der Waals surface area contributed by atoms with Gasteiger partial charge in [-0.2, -0.15) is 0 Å². The number of hydrogen-bond donors (Lipinski definition) is 2. The third kappa shape index (κ3) is 2.69. The summed E-state index contributed by atoms with van der Waals surface area (Å²) in [5, 5.41) is 18.7. The molecule has 0 radical (unpaired) electrons. The topological polar surface area (TPSA) is 60.8 Å². The molecule has 4 heteroatoms. The van der Waals surface area contributed by atoms with Crippen molar-refractivity contribution in [2.45, 2.75) is 44.2 Å². The number of aliphatic hydroxyl groups excluding tert-OH is 1. The Morgan fingerprint density at radius 2 is 1.93 bits per heavy atom. The van der Waals surface area contributed by atoms with Gasteiger partial charge in [0.05, 0.1) is 6.10 Å². The lowest BCUT2D eigenvalue weighted by Crippen LogP contribution is -2.43. The minimum absolute atomic E-state index is 0.233. The summed E-state index contributed by atoms with van der Waals surface area (Å²) < 4.78 is 0. The van der Waals surface area contributed by atoms with Gasteiger partial charge < -0.3 is 10.2 Å². The number of hydrogen-bond acceptors (Lipinski definition) is 3. The van der Waals surface area contributed by atoms with E-state index in [0.29, 0.717) is 5.92 Å². The fraction of sp³-hybridized carbons (Fsp3) is 0.909. The Balaban J connectivity index is 1.97. The maximum Gasteiger partial charge on any atom is 0.321 e. The molecule has 0 aromatic carbocycles. The van der Waals surface area contributed by atoms with Gasteiger partial charge in [-0.1, -0.05) is 0 Å². The molecule has 0 spiro atoms. The van der Waals surface area contributed by atoms with E-state index in [2.05, 4.69) is 4.90 Å². The molecule has 0 amide bonds. The molecule has 0 bridgehead atoms. The van der Waals surface area contributed by atoms with E-state index in [0.717, 1.165) is 45.2 Å². The Kier molecular flexibility index (Phi) is 3.26. The maximum absolute atomic E-state index is 11.2. The van der Waals surface area contributed by atoms with Gasteiger partial charge in [-0.05, 0) is 44.6 Å². The van der Waals surface area contributed by atoms with Gasteiger partial charge in [0.15, 0.2) is 0 Å². The second-order valence-electron chi connectivity index (χ2n) is 4.74. The molecule has 0 aromatic rings. The smallest absolute Gasteiger partial charge is 0.321 e. The van der Waals surface area contributed by atoms with E-state index in [1.54, 1.807) is 0 Å². The van der Waals surface area contributed by atoms with Crippen LogP contribution in [-0.4, -0.2) is 46.3 Å². The maximum atomic E-state index is 11.2. The van der Waals surface area contributed by atoms with Crippen molar-refractivity contribution in [1.82, 2.24) is 4.90 Å². The van der Waals surface area contributed by atoms with E-state index in [-0.39, 0.29) is 12.1 Å². The normalized spacial score (nSPS) is 30.9. The number of aliphatic hydroxyl groups is 1. The molecule has 0 aromatic heterocycles. The number of carboxylic acids is 1. The van der Waals surface area contributed by atoms with Crippen LogP contribution >= 0.6 is 0 Å². The Bertz CT molecular complexity index is 240. The molecule has 1 saturated carbocycles. The van der Waals surface area contributed by atoms with Gasteiger partial charge >= 0.3 is 5.97 Å². The highest BCUT2D eigenvalue weighted by Gasteiger charge is 2.40. The van der Waals surface area contributed by atoms with Gasteiger partial charge in [0, 0.05) is 6.54 Å². The SMILES string of the molecule is O=C(O)C(C1CC1)N1CCCC(O)CC1. The fourth-order valence-electron chi connectivity index (χ4n) is 2.45. The van der Waals surface area contributed by atoms with Crippen LogP contribution in [0.2, 0.25) is 0 Å². The molecular formula is C11H19NO3.